The second kappa shape index (κ2) is 6.37. The van der Waals surface area contributed by atoms with Crippen molar-refractivity contribution in [2.75, 3.05) is 5.32 Å². The molecule has 0 heterocycles. The van der Waals surface area contributed by atoms with E-state index in [9.17, 15) is 18.9 Å². The molecule has 0 bridgehead atoms. The van der Waals surface area contributed by atoms with Gasteiger partial charge >= 0.3 is 0 Å². The van der Waals surface area contributed by atoms with Gasteiger partial charge in [-0.2, -0.15) is 0 Å². The van der Waals surface area contributed by atoms with Crippen LogP contribution in [0.3, 0.4) is 0 Å². The summed E-state index contributed by atoms with van der Waals surface area (Å²) in [5.41, 5.74) is -0.743. The van der Waals surface area contributed by atoms with Crippen molar-refractivity contribution in [2.45, 2.75) is 45.6 Å². The van der Waals surface area contributed by atoms with Crippen molar-refractivity contribution in [3.05, 3.63) is 33.9 Å². The zero-order chi connectivity index (χ0) is 15.6. The fourth-order valence-corrected chi connectivity index (χ4v) is 2.98. The molecule has 1 aromatic rings. The van der Waals surface area contributed by atoms with E-state index in [1.807, 2.05) is 0 Å². The maximum Gasteiger partial charge on any atom is 0.298 e. The summed E-state index contributed by atoms with van der Waals surface area (Å²) in [7, 11) is 0. The molecule has 0 spiro atoms. The first-order valence-corrected chi connectivity index (χ1v) is 7.28. The van der Waals surface area contributed by atoms with Crippen molar-refractivity contribution in [1.29, 1.82) is 0 Å². The molecule has 0 amide bonds. The highest BCUT2D eigenvalue weighted by molar-refractivity contribution is 5.63. The van der Waals surface area contributed by atoms with Crippen molar-refractivity contribution in [3.8, 4) is 0 Å². The minimum atomic E-state index is -0.937. The van der Waals surface area contributed by atoms with Crippen molar-refractivity contribution in [2.24, 2.45) is 11.8 Å². The Kier molecular flexibility index (Phi) is 4.75. The summed E-state index contributed by atoms with van der Waals surface area (Å²) in [6, 6.07) is 1.43. The van der Waals surface area contributed by atoms with Gasteiger partial charge in [0.15, 0.2) is 5.82 Å². The van der Waals surface area contributed by atoms with Gasteiger partial charge in [0, 0.05) is 12.1 Å². The first-order chi connectivity index (χ1) is 9.88. The number of rotatable bonds is 4. The monoisotopic (exact) mass is 298 g/mol. The van der Waals surface area contributed by atoms with Crippen LogP contribution >= 0.6 is 0 Å². The molecule has 116 valence electrons. The number of nitrogens with one attached hydrogen (secondary N) is 1. The summed E-state index contributed by atoms with van der Waals surface area (Å²) < 4.78 is 26.9. The normalized spacial score (nSPS) is 22.3. The first kappa shape index (κ1) is 15.7. The summed E-state index contributed by atoms with van der Waals surface area (Å²) in [4.78, 5) is 10.2. The molecule has 0 saturated heterocycles. The van der Waals surface area contributed by atoms with Crippen LogP contribution in [0.1, 0.15) is 39.5 Å². The predicted octanol–water partition coefficient (Wildman–Crippen LogP) is 4.50. The number of nitro benzene ring substituents is 1. The quantitative estimate of drug-likeness (QED) is 0.657. The Bertz CT molecular complexity index is 527. The van der Waals surface area contributed by atoms with E-state index in [0.29, 0.717) is 17.9 Å². The highest BCUT2D eigenvalue weighted by Crippen LogP contribution is 2.34. The standard InChI is InChI=1S/C15H20F2N2O2/c1-9(2)10-3-5-12(6-4-10)18-15-13(17)7-11(16)8-14(15)19(20)21/h7-10,12,18H,3-6H2,1-2H3. The van der Waals surface area contributed by atoms with Gasteiger partial charge in [0.25, 0.3) is 5.69 Å². The zero-order valence-corrected chi connectivity index (χ0v) is 12.2. The van der Waals surface area contributed by atoms with Crippen LogP contribution in [0.4, 0.5) is 20.2 Å². The molecule has 1 aromatic carbocycles. The van der Waals surface area contributed by atoms with Crippen molar-refractivity contribution in [1.82, 2.24) is 0 Å². The second-order valence-corrected chi connectivity index (χ2v) is 6.04. The van der Waals surface area contributed by atoms with E-state index < -0.39 is 22.2 Å². The number of hydrogen-bond donors (Lipinski definition) is 1. The average molecular weight is 298 g/mol. The molecular formula is C15H20F2N2O2. The van der Waals surface area contributed by atoms with Gasteiger partial charge in [0.1, 0.15) is 11.5 Å². The molecule has 1 N–H and O–H groups in total. The summed E-state index contributed by atoms with van der Waals surface area (Å²) in [6.45, 7) is 4.37. The molecule has 0 unspecified atom stereocenters. The molecule has 4 nitrogen and oxygen atoms in total. The van der Waals surface area contributed by atoms with Crippen LogP contribution in [0.5, 0.6) is 0 Å². The van der Waals surface area contributed by atoms with E-state index in [-0.39, 0.29) is 11.7 Å². The number of nitrogens with zero attached hydrogens (tertiary/aromatic N) is 1. The third-order valence-corrected chi connectivity index (χ3v) is 4.29. The highest BCUT2D eigenvalue weighted by atomic mass is 19.1. The van der Waals surface area contributed by atoms with Gasteiger partial charge in [0.2, 0.25) is 0 Å². The second-order valence-electron chi connectivity index (χ2n) is 6.04. The molecule has 21 heavy (non-hydrogen) atoms. The maximum atomic E-state index is 13.8. The van der Waals surface area contributed by atoms with Crippen LogP contribution < -0.4 is 5.32 Å². The topological polar surface area (TPSA) is 55.2 Å². The summed E-state index contributed by atoms with van der Waals surface area (Å²) in [5.74, 6) is -0.583. The molecule has 2 rings (SSSR count). The summed E-state index contributed by atoms with van der Waals surface area (Å²) >= 11 is 0. The van der Waals surface area contributed by atoms with E-state index in [4.69, 9.17) is 0 Å². The molecule has 1 saturated carbocycles. The molecule has 1 fully saturated rings. The lowest BCUT2D eigenvalue weighted by molar-refractivity contribution is -0.384. The van der Waals surface area contributed by atoms with E-state index in [2.05, 4.69) is 19.2 Å². The third-order valence-electron chi connectivity index (χ3n) is 4.29. The minimum absolute atomic E-state index is 0.00124. The molecule has 1 aliphatic rings. The van der Waals surface area contributed by atoms with Gasteiger partial charge in [-0.3, -0.25) is 10.1 Å². The fraction of sp³-hybridized carbons (Fsp3) is 0.600. The van der Waals surface area contributed by atoms with E-state index in [1.54, 1.807) is 0 Å². The number of nitro groups is 1. The van der Waals surface area contributed by atoms with Crippen molar-refractivity contribution < 1.29 is 13.7 Å². The third kappa shape index (κ3) is 3.68. The molecule has 0 aliphatic heterocycles. The number of halogens is 2. The van der Waals surface area contributed by atoms with Crippen LogP contribution in [0.15, 0.2) is 12.1 Å². The lowest BCUT2D eigenvalue weighted by Crippen LogP contribution is -2.28. The molecule has 0 aromatic heterocycles. The fourth-order valence-electron chi connectivity index (χ4n) is 2.98. The Morgan fingerprint density at radius 2 is 1.86 bits per heavy atom. The summed E-state index contributed by atoms with van der Waals surface area (Å²) in [6.07, 6.45) is 3.73. The maximum absolute atomic E-state index is 13.8. The van der Waals surface area contributed by atoms with Gasteiger partial charge in [0.05, 0.1) is 11.0 Å². The van der Waals surface area contributed by atoms with Crippen LogP contribution in [-0.2, 0) is 0 Å². The highest BCUT2D eigenvalue weighted by Gasteiger charge is 2.27. The lowest BCUT2D eigenvalue weighted by Gasteiger charge is -2.31. The Hall–Kier alpha value is -1.72. The van der Waals surface area contributed by atoms with Crippen LogP contribution in [-0.4, -0.2) is 11.0 Å². The average Bonchev–Trinajstić information content (AvgIpc) is 2.41. The Morgan fingerprint density at radius 1 is 1.24 bits per heavy atom. The SMILES string of the molecule is CC(C)C1CCC(Nc2c(F)cc(F)cc2[N+](=O)[O-])CC1. The molecule has 0 radical (unpaired) electrons. The first-order valence-electron chi connectivity index (χ1n) is 7.28. The van der Waals surface area contributed by atoms with Gasteiger partial charge in [-0.25, -0.2) is 8.78 Å². The Labute approximate surface area is 122 Å². The summed E-state index contributed by atoms with van der Waals surface area (Å²) in [5, 5.41) is 13.8. The van der Waals surface area contributed by atoms with E-state index in [1.165, 1.54) is 0 Å². The van der Waals surface area contributed by atoms with Gasteiger partial charge in [-0.1, -0.05) is 13.8 Å². The van der Waals surface area contributed by atoms with Gasteiger partial charge in [-0.15, -0.1) is 0 Å². The Morgan fingerprint density at radius 3 is 2.38 bits per heavy atom. The van der Waals surface area contributed by atoms with Crippen molar-refractivity contribution in [3.63, 3.8) is 0 Å². The molecule has 1 aliphatic carbocycles. The van der Waals surface area contributed by atoms with E-state index >= 15 is 0 Å². The molecule has 0 atom stereocenters. The number of anilines is 1. The van der Waals surface area contributed by atoms with E-state index in [0.717, 1.165) is 31.7 Å². The van der Waals surface area contributed by atoms with Crippen molar-refractivity contribution >= 4 is 11.4 Å². The zero-order valence-electron chi connectivity index (χ0n) is 12.2. The Balaban J connectivity index is 2.12. The van der Waals surface area contributed by atoms with Crippen LogP contribution in [0.2, 0.25) is 0 Å². The molecular weight excluding hydrogens is 278 g/mol. The molecule has 6 heteroatoms. The van der Waals surface area contributed by atoms with Crippen LogP contribution in [0.25, 0.3) is 0 Å². The van der Waals surface area contributed by atoms with Gasteiger partial charge < -0.3 is 5.32 Å². The predicted molar refractivity (Wildman–Crippen MR) is 77.2 cm³/mol. The van der Waals surface area contributed by atoms with Gasteiger partial charge in [-0.05, 0) is 37.5 Å². The lowest BCUT2D eigenvalue weighted by atomic mass is 9.79. The largest absolute Gasteiger partial charge is 0.374 e. The minimum Gasteiger partial charge on any atom is -0.374 e. The smallest absolute Gasteiger partial charge is 0.298 e. The number of hydrogen-bond acceptors (Lipinski definition) is 3. The number of benzene rings is 1. The van der Waals surface area contributed by atoms with Crippen LogP contribution in [0, 0.1) is 33.6 Å².